The van der Waals surface area contributed by atoms with E-state index < -0.39 is 0 Å². The molecule has 1 aliphatic rings. The van der Waals surface area contributed by atoms with Gasteiger partial charge in [0.2, 0.25) is 11.1 Å². The Labute approximate surface area is 162 Å². The summed E-state index contributed by atoms with van der Waals surface area (Å²) in [5.74, 6) is 2.20. The lowest BCUT2D eigenvalue weighted by molar-refractivity contribution is -0.113. The molecule has 1 fully saturated rings. The molecule has 1 amide bonds. The van der Waals surface area contributed by atoms with Crippen molar-refractivity contribution in [2.75, 3.05) is 18.2 Å². The number of benzene rings is 2. The van der Waals surface area contributed by atoms with Crippen molar-refractivity contribution in [2.24, 2.45) is 0 Å². The van der Waals surface area contributed by atoms with Gasteiger partial charge in [-0.25, -0.2) is 9.67 Å². The summed E-state index contributed by atoms with van der Waals surface area (Å²) in [6.45, 7) is 0. The fourth-order valence-corrected chi connectivity index (χ4v) is 3.42. The predicted molar refractivity (Wildman–Crippen MR) is 106 cm³/mol. The molecule has 0 bridgehead atoms. The van der Waals surface area contributed by atoms with E-state index in [0.717, 1.165) is 24.4 Å². The van der Waals surface area contributed by atoms with E-state index >= 15 is 0 Å². The molecule has 1 aromatic heterocycles. The van der Waals surface area contributed by atoms with Gasteiger partial charge >= 0.3 is 0 Å². The van der Waals surface area contributed by atoms with Crippen LogP contribution in [0.1, 0.15) is 24.6 Å². The van der Waals surface area contributed by atoms with Gasteiger partial charge in [-0.05, 0) is 37.1 Å². The molecule has 0 aliphatic heterocycles. The summed E-state index contributed by atoms with van der Waals surface area (Å²) >= 11 is 1.34. The zero-order valence-corrected chi connectivity index (χ0v) is 15.8. The lowest BCUT2D eigenvalue weighted by atomic mass is 10.3. The zero-order chi connectivity index (χ0) is 18.6. The molecule has 0 saturated heterocycles. The van der Waals surface area contributed by atoms with Gasteiger partial charge in [0.05, 0.1) is 24.2 Å². The van der Waals surface area contributed by atoms with E-state index in [1.54, 1.807) is 7.11 Å². The van der Waals surface area contributed by atoms with Gasteiger partial charge in [-0.15, -0.1) is 5.10 Å². The summed E-state index contributed by atoms with van der Waals surface area (Å²) < 4.78 is 7.16. The van der Waals surface area contributed by atoms with Crippen molar-refractivity contribution in [1.29, 1.82) is 0 Å². The monoisotopic (exact) mass is 380 g/mol. The third-order valence-corrected chi connectivity index (χ3v) is 5.11. The number of para-hydroxylation sites is 3. The van der Waals surface area contributed by atoms with E-state index in [1.807, 2.05) is 59.3 Å². The molecule has 6 nitrogen and oxygen atoms in total. The minimum absolute atomic E-state index is 0.117. The third kappa shape index (κ3) is 4.14. The number of hydrogen-bond donors (Lipinski definition) is 1. The first-order valence-electron chi connectivity index (χ1n) is 8.82. The van der Waals surface area contributed by atoms with Gasteiger partial charge < -0.3 is 10.1 Å². The predicted octanol–water partition coefficient (Wildman–Crippen LogP) is 3.88. The van der Waals surface area contributed by atoms with Gasteiger partial charge in [0, 0.05) is 5.92 Å². The van der Waals surface area contributed by atoms with Crippen LogP contribution in [-0.4, -0.2) is 33.5 Å². The Bertz CT molecular complexity index is 938. The van der Waals surface area contributed by atoms with Crippen molar-refractivity contribution < 1.29 is 9.53 Å². The largest absolute Gasteiger partial charge is 0.495 e. The lowest BCUT2D eigenvalue weighted by Gasteiger charge is -2.08. The summed E-state index contributed by atoms with van der Waals surface area (Å²) in [4.78, 5) is 17.0. The summed E-state index contributed by atoms with van der Waals surface area (Å²) in [5.41, 5.74) is 1.66. The fraction of sp³-hybridized carbons (Fsp3) is 0.250. The van der Waals surface area contributed by atoms with Crippen LogP contribution >= 0.6 is 11.8 Å². The molecule has 0 atom stereocenters. The number of carbonyl (C=O) groups is 1. The van der Waals surface area contributed by atoms with Crippen LogP contribution in [0.4, 0.5) is 5.69 Å². The van der Waals surface area contributed by atoms with Crippen LogP contribution < -0.4 is 10.1 Å². The van der Waals surface area contributed by atoms with Gasteiger partial charge in [0.1, 0.15) is 11.6 Å². The number of amides is 1. The van der Waals surface area contributed by atoms with Crippen molar-refractivity contribution in [3.8, 4) is 11.4 Å². The summed E-state index contributed by atoms with van der Waals surface area (Å²) in [5, 5.41) is 8.11. The minimum Gasteiger partial charge on any atom is -0.495 e. The lowest BCUT2D eigenvalue weighted by Crippen LogP contribution is -2.14. The first-order chi connectivity index (χ1) is 13.2. The highest BCUT2D eigenvalue weighted by atomic mass is 32.2. The van der Waals surface area contributed by atoms with Crippen LogP contribution in [0, 0.1) is 0 Å². The van der Waals surface area contributed by atoms with Crippen LogP contribution in [0.3, 0.4) is 0 Å². The number of anilines is 1. The van der Waals surface area contributed by atoms with E-state index in [0.29, 0.717) is 22.5 Å². The number of aromatic nitrogens is 3. The van der Waals surface area contributed by atoms with Crippen molar-refractivity contribution in [1.82, 2.24) is 14.8 Å². The molecular weight excluding hydrogens is 360 g/mol. The molecule has 7 heteroatoms. The molecule has 3 aromatic rings. The van der Waals surface area contributed by atoms with E-state index in [-0.39, 0.29) is 11.7 Å². The maximum absolute atomic E-state index is 12.3. The highest BCUT2D eigenvalue weighted by Gasteiger charge is 2.30. The molecule has 1 heterocycles. The van der Waals surface area contributed by atoms with Crippen molar-refractivity contribution >= 4 is 23.4 Å². The number of rotatable bonds is 7. The van der Waals surface area contributed by atoms with E-state index in [2.05, 4.69) is 15.4 Å². The summed E-state index contributed by atoms with van der Waals surface area (Å²) in [6.07, 6.45) is 2.29. The standard InChI is InChI=1S/C20H20N4O2S/c1-26-17-10-6-5-9-16(17)21-18(25)13-27-20-22-19(14-11-12-14)24(23-20)15-7-3-2-4-8-15/h2-10,14H,11-13H2,1H3,(H,21,25). The molecule has 1 N–H and O–H groups in total. The second-order valence-corrected chi connectivity index (χ2v) is 7.25. The molecule has 4 rings (SSSR count). The number of hydrogen-bond acceptors (Lipinski definition) is 5. The van der Waals surface area contributed by atoms with E-state index in [1.165, 1.54) is 11.8 Å². The van der Waals surface area contributed by atoms with Gasteiger partial charge in [-0.2, -0.15) is 0 Å². The Morgan fingerprint density at radius 2 is 1.93 bits per heavy atom. The summed E-state index contributed by atoms with van der Waals surface area (Å²) in [6, 6.07) is 17.3. The van der Waals surface area contributed by atoms with Gasteiger partial charge in [0.15, 0.2) is 0 Å². The second-order valence-electron chi connectivity index (χ2n) is 6.31. The Balaban J connectivity index is 1.45. The Morgan fingerprint density at radius 3 is 2.67 bits per heavy atom. The smallest absolute Gasteiger partial charge is 0.234 e. The average molecular weight is 380 g/mol. The van der Waals surface area contributed by atoms with Gasteiger partial charge in [-0.1, -0.05) is 42.1 Å². The van der Waals surface area contributed by atoms with Gasteiger partial charge in [-0.3, -0.25) is 4.79 Å². The first-order valence-corrected chi connectivity index (χ1v) is 9.81. The Kier molecular flexibility index (Phi) is 5.11. The average Bonchev–Trinajstić information content (AvgIpc) is 3.47. The molecule has 1 aliphatic carbocycles. The number of methoxy groups -OCH3 is 1. The number of carbonyl (C=O) groups excluding carboxylic acids is 1. The quantitative estimate of drug-likeness (QED) is 0.630. The van der Waals surface area contributed by atoms with E-state index in [9.17, 15) is 4.79 Å². The third-order valence-electron chi connectivity index (χ3n) is 4.27. The van der Waals surface area contributed by atoms with Crippen LogP contribution in [0.5, 0.6) is 5.75 Å². The second kappa shape index (κ2) is 7.84. The molecule has 27 heavy (non-hydrogen) atoms. The maximum atomic E-state index is 12.3. The first kappa shape index (κ1) is 17.6. The molecule has 0 unspecified atom stereocenters. The SMILES string of the molecule is COc1ccccc1NC(=O)CSc1nc(C2CC2)n(-c2ccccc2)n1. The van der Waals surface area contributed by atoms with Crippen LogP contribution in [-0.2, 0) is 4.79 Å². The van der Waals surface area contributed by atoms with Gasteiger partial charge in [0.25, 0.3) is 0 Å². The van der Waals surface area contributed by atoms with Crippen LogP contribution in [0.25, 0.3) is 5.69 Å². The number of nitrogens with one attached hydrogen (secondary N) is 1. The highest BCUT2D eigenvalue weighted by Crippen LogP contribution is 2.40. The number of thioether (sulfide) groups is 1. The molecule has 0 spiro atoms. The molecule has 1 saturated carbocycles. The zero-order valence-electron chi connectivity index (χ0n) is 15.0. The molecule has 138 valence electrons. The Hall–Kier alpha value is -2.80. The van der Waals surface area contributed by atoms with Crippen LogP contribution in [0.2, 0.25) is 0 Å². The van der Waals surface area contributed by atoms with Crippen molar-refractivity contribution in [3.05, 3.63) is 60.4 Å². The van der Waals surface area contributed by atoms with Crippen molar-refractivity contribution in [3.63, 3.8) is 0 Å². The minimum atomic E-state index is -0.117. The van der Waals surface area contributed by atoms with Crippen LogP contribution in [0.15, 0.2) is 59.8 Å². The van der Waals surface area contributed by atoms with E-state index in [4.69, 9.17) is 4.74 Å². The highest BCUT2D eigenvalue weighted by molar-refractivity contribution is 7.99. The molecular formula is C20H20N4O2S. The normalized spacial score (nSPS) is 13.4. The maximum Gasteiger partial charge on any atom is 0.234 e. The Morgan fingerprint density at radius 1 is 1.19 bits per heavy atom. The van der Waals surface area contributed by atoms with Crippen molar-refractivity contribution in [2.45, 2.75) is 23.9 Å². The molecule has 2 aromatic carbocycles. The fourth-order valence-electron chi connectivity index (χ4n) is 2.79. The number of nitrogens with zero attached hydrogens (tertiary/aromatic N) is 3. The summed E-state index contributed by atoms with van der Waals surface area (Å²) in [7, 11) is 1.58. The topological polar surface area (TPSA) is 69.0 Å². The number of ether oxygens (including phenoxy) is 1. The molecule has 0 radical (unpaired) electrons.